The standard InChI is InChI=1S/C12H9NO2S/c14-13(15)10-5-4-8-12(9-10)16-11-6-2-1-3-7-11/h1-9H. The summed E-state index contributed by atoms with van der Waals surface area (Å²) in [6, 6.07) is 16.4. The average molecular weight is 231 g/mol. The molecule has 0 fully saturated rings. The second-order valence-electron chi connectivity index (χ2n) is 3.17. The zero-order valence-electron chi connectivity index (χ0n) is 8.37. The van der Waals surface area contributed by atoms with E-state index in [1.54, 1.807) is 12.1 Å². The number of hydrogen-bond acceptors (Lipinski definition) is 3. The van der Waals surface area contributed by atoms with E-state index in [1.165, 1.54) is 17.8 Å². The Labute approximate surface area is 97.3 Å². The zero-order valence-corrected chi connectivity index (χ0v) is 9.18. The van der Waals surface area contributed by atoms with E-state index >= 15 is 0 Å². The molecule has 0 amide bonds. The van der Waals surface area contributed by atoms with Crippen LogP contribution >= 0.6 is 11.8 Å². The molecule has 0 atom stereocenters. The number of hydrogen-bond donors (Lipinski definition) is 0. The summed E-state index contributed by atoms with van der Waals surface area (Å²) in [6.07, 6.45) is 0. The first-order valence-electron chi connectivity index (χ1n) is 4.73. The van der Waals surface area contributed by atoms with Crippen LogP contribution in [0.4, 0.5) is 5.69 Å². The predicted octanol–water partition coefficient (Wildman–Crippen LogP) is 3.75. The molecular weight excluding hydrogens is 222 g/mol. The van der Waals surface area contributed by atoms with Crippen LogP contribution in [0.5, 0.6) is 0 Å². The fraction of sp³-hybridized carbons (Fsp3) is 0. The third-order valence-electron chi connectivity index (χ3n) is 2.01. The van der Waals surface area contributed by atoms with Crippen LogP contribution in [0.15, 0.2) is 64.4 Å². The summed E-state index contributed by atoms with van der Waals surface area (Å²) in [5.74, 6) is 0. The molecule has 0 saturated carbocycles. The fourth-order valence-electron chi connectivity index (χ4n) is 1.29. The van der Waals surface area contributed by atoms with Crippen molar-refractivity contribution in [2.24, 2.45) is 0 Å². The fourth-order valence-corrected chi connectivity index (χ4v) is 2.18. The van der Waals surface area contributed by atoms with Crippen LogP contribution in [0.2, 0.25) is 0 Å². The molecule has 0 aliphatic heterocycles. The average Bonchev–Trinajstić information content (AvgIpc) is 2.30. The van der Waals surface area contributed by atoms with E-state index in [-0.39, 0.29) is 10.6 Å². The Morgan fingerprint density at radius 3 is 2.31 bits per heavy atom. The lowest BCUT2D eigenvalue weighted by Crippen LogP contribution is -1.86. The molecule has 16 heavy (non-hydrogen) atoms. The van der Waals surface area contributed by atoms with E-state index in [0.717, 1.165) is 9.79 Å². The summed E-state index contributed by atoms with van der Waals surface area (Å²) in [7, 11) is 0. The summed E-state index contributed by atoms with van der Waals surface area (Å²) in [6.45, 7) is 0. The van der Waals surface area contributed by atoms with Gasteiger partial charge in [-0.3, -0.25) is 10.1 Å². The topological polar surface area (TPSA) is 43.1 Å². The maximum Gasteiger partial charge on any atom is 0.270 e. The van der Waals surface area contributed by atoms with Gasteiger partial charge in [-0.05, 0) is 18.2 Å². The highest BCUT2D eigenvalue weighted by atomic mass is 32.2. The van der Waals surface area contributed by atoms with E-state index in [1.807, 2.05) is 36.4 Å². The summed E-state index contributed by atoms with van der Waals surface area (Å²) in [4.78, 5) is 12.2. The zero-order chi connectivity index (χ0) is 11.4. The molecule has 3 nitrogen and oxygen atoms in total. The Bertz CT molecular complexity index is 499. The van der Waals surface area contributed by atoms with Gasteiger partial charge in [0, 0.05) is 21.9 Å². The van der Waals surface area contributed by atoms with E-state index < -0.39 is 0 Å². The van der Waals surface area contributed by atoms with Crippen LogP contribution in [-0.2, 0) is 0 Å². The van der Waals surface area contributed by atoms with Crippen molar-refractivity contribution in [1.29, 1.82) is 0 Å². The molecule has 0 bridgehead atoms. The molecule has 0 aliphatic carbocycles. The van der Waals surface area contributed by atoms with Gasteiger partial charge in [0.15, 0.2) is 0 Å². The monoisotopic (exact) mass is 231 g/mol. The van der Waals surface area contributed by atoms with Crippen LogP contribution in [0.3, 0.4) is 0 Å². The molecule has 0 radical (unpaired) electrons. The van der Waals surface area contributed by atoms with Gasteiger partial charge in [-0.1, -0.05) is 36.0 Å². The molecular formula is C12H9NO2S. The van der Waals surface area contributed by atoms with Crippen molar-refractivity contribution in [2.75, 3.05) is 0 Å². The molecule has 2 rings (SSSR count). The van der Waals surface area contributed by atoms with Crippen molar-refractivity contribution in [3.63, 3.8) is 0 Å². The summed E-state index contributed by atoms with van der Waals surface area (Å²) in [5.41, 5.74) is 0.126. The Morgan fingerprint density at radius 2 is 1.62 bits per heavy atom. The van der Waals surface area contributed by atoms with Crippen molar-refractivity contribution in [3.05, 3.63) is 64.7 Å². The summed E-state index contributed by atoms with van der Waals surface area (Å²) < 4.78 is 0. The molecule has 0 N–H and O–H groups in total. The van der Waals surface area contributed by atoms with Gasteiger partial charge in [-0.25, -0.2) is 0 Å². The van der Waals surface area contributed by atoms with Gasteiger partial charge in [0.25, 0.3) is 5.69 Å². The maximum absolute atomic E-state index is 10.6. The van der Waals surface area contributed by atoms with Crippen molar-refractivity contribution < 1.29 is 4.92 Å². The highest BCUT2D eigenvalue weighted by Crippen LogP contribution is 2.29. The molecule has 0 aromatic heterocycles. The Kier molecular flexibility index (Phi) is 3.22. The van der Waals surface area contributed by atoms with E-state index in [9.17, 15) is 10.1 Å². The maximum atomic E-state index is 10.6. The number of nitro benzene ring substituents is 1. The Morgan fingerprint density at radius 1 is 0.938 bits per heavy atom. The molecule has 0 aliphatic rings. The highest BCUT2D eigenvalue weighted by molar-refractivity contribution is 7.99. The number of nitrogens with zero attached hydrogens (tertiary/aromatic N) is 1. The number of nitro groups is 1. The minimum atomic E-state index is -0.380. The second kappa shape index (κ2) is 4.81. The normalized spacial score (nSPS) is 10.0. The smallest absolute Gasteiger partial charge is 0.258 e. The number of rotatable bonds is 3. The van der Waals surface area contributed by atoms with Gasteiger partial charge in [-0.2, -0.15) is 0 Å². The van der Waals surface area contributed by atoms with Gasteiger partial charge < -0.3 is 0 Å². The molecule has 4 heteroatoms. The predicted molar refractivity (Wildman–Crippen MR) is 63.7 cm³/mol. The van der Waals surface area contributed by atoms with Gasteiger partial charge in [0.2, 0.25) is 0 Å². The lowest BCUT2D eigenvalue weighted by molar-refractivity contribution is -0.385. The Hall–Kier alpha value is -1.81. The molecule has 2 aromatic rings. The van der Waals surface area contributed by atoms with Crippen LogP contribution in [0.1, 0.15) is 0 Å². The SMILES string of the molecule is O=[N+]([O-])c1cccc(Sc2ccccc2)c1. The third-order valence-corrected chi connectivity index (χ3v) is 3.00. The second-order valence-corrected chi connectivity index (χ2v) is 4.32. The largest absolute Gasteiger partial charge is 0.270 e. The van der Waals surface area contributed by atoms with Gasteiger partial charge in [0.1, 0.15) is 0 Å². The molecule has 0 saturated heterocycles. The third kappa shape index (κ3) is 2.61. The Balaban J connectivity index is 2.22. The summed E-state index contributed by atoms with van der Waals surface area (Å²) in [5, 5.41) is 10.6. The van der Waals surface area contributed by atoms with E-state index in [0.29, 0.717) is 0 Å². The first-order chi connectivity index (χ1) is 7.75. The van der Waals surface area contributed by atoms with Crippen molar-refractivity contribution in [2.45, 2.75) is 9.79 Å². The van der Waals surface area contributed by atoms with Gasteiger partial charge >= 0.3 is 0 Å². The van der Waals surface area contributed by atoms with Gasteiger partial charge in [-0.15, -0.1) is 0 Å². The number of non-ortho nitro benzene ring substituents is 1. The first-order valence-corrected chi connectivity index (χ1v) is 5.55. The lowest BCUT2D eigenvalue weighted by atomic mass is 10.3. The number of benzene rings is 2. The highest BCUT2D eigenvalue weighted by Gasteiger charge is 2.06. The van der Waals surface area contributed by atoms with E-state index in [2.05, 4.69) is 0 Å². The van der Waals surface area contributed by atoms with Crippen LogP contribution in [-0.4, -0.2) is 4.92 Å². The first kappa shape index (κ1) is 10.7. The van der Waals surface area contributed by atoms with Crippen molar-refractivity contribution in [1.82, 2.24) is 0 Å². The summed E-state index contributed by atoms with van der Waals surface area (Å²) >= 11 is 1.51. The molecule has 0 heterocycles. The van der Waals surface area contributed by atoms with Crippen LogP contribution < -0.4 is 0 Å². The molecule has 0 spiro atoms. The van der Waals surface area contributed by atoms with Gasteiger partial charge in [0.05, 0.1) is 4.92 Å². The van der Waals surface area contributed by atoms with Crippen molar-refractivity contribution >= 4 is 17.4 Å². The van der Waals surface area contributed by atoms with Crippen molar-refractivity contribution in [3.8, 4) is 0 Å². The quantitative estimate of drug-likeness (QED) is 0.597. The minimum Gasteiger partial charge on any atom is -0.258 e. The lowest BCUT2D eigenvalue weighted by Gasteiger charge is -2.00. The minimum absolute atomic E-state index is 0.126. The molecule has 2 aromatic carbocycles. The van der Waals surface area contributed by atoms with Crippen LogP contribution in [0.25, 0.3) is 0 Å². The van der Waals surface area contributed by atoms with Crippen LogP contribution in [0, 0.1) is 10.1 Å². The molecule has 80 valence electrons. The van der Waals surface area contributed by atoms with E-state index in [4.69, 9.17) is 0 Å². The molecule has 0 unspecified atom stereocenters.